The number of carbonyl (C=O) groups is 1. The molecule has 0 aromatic carbocycles. The number of anilines is 1. The summed E-state index contributed by atoms with van der Waals surface area (Å²) in [7, 11) is -3.35. The second-order valence-corrected chi connectivity index (χ2v) is 7.27. The lowest BCUT2D eigenvalue weighted by molar-refractivity contribution is -0.115. The van der Waals surface area contributed by atoms with Crippen LogP contribution in [0.4, 0.5) is 5.82 Å². The Bertz CT molecular complexity index is 605. The molecular weight excluding hydrogens is 334 g/mol. The molecule has 1 heterocycles. The summed E-state index contributed by atoms with van der Waals surface area (Å²) in [4.78, 5) is 11.7. The molecule has 0 saturated heterocycles. The van der Waals surface area contributed by atoms with Crippen molar-refractivity contribution in [2.45, 2.75) is 25.3 Å². The largest absolute Gasteiger partial charge is 0.310 e. The third-order valence-corrected chi connectivity index (χ3v) is 4.63. The smallest absolute Gasteiger partial charge is 0.226 e. The summed E-state index contributed by atoms with van der Waals surface area (Å²) in [5.74, 6) is -0.00522. The molecule has 1 fully saturated rings. The number of aromatic nitrogens is 2. The zero-order chi connectivity index (χ0) is 14.0. The molecule has 1 aromatic heterocycles. The van der Waals surface area contributed by atoms with Crippen molar-refractivity contribution in [2.75, 3.05) is 11.1 Å². The second-order valence-electron chi connectivity index (χ2n) is 4.35. The summed E-state index contributed by atoms with van der Waals surface area (Å²) < 4.78 is 24.9. The van der Waals surface area contributed by atoms with Gasteiger partial charge in [-0.2, -0.15) is 5.10 Å². The fourth-order valence-corrected chi connectivity index (χ4v) is 2.58. The van der Waals surface area contributed by atoms with E-state index >= 15 is 0 Å². The monoisotopic (exact) mass is 347 g/mol. The van der Waals surface area contributed by atoms with Crippen LogP contribution in [0.5, 0.6) is 0 Å². The summed E-state index contributed by atoms with van der Waals surface area (Å²) in [6.07, 6.45) is 3.61. The molecule has 0 aliphatic heterocycles. The third kappa shape index (κ3) is 3.66. The fourth-order valence-electron chi connectivity index (χ4n) is 1.57. The maximum Gasteiger partial charge on any atom is 0.226 e. The van der Waals surface area contributed by atoms with E-state index < -0.39 is 9.84 Å². The normalized spacial score (nSPS) is 15.2. The SMILES string of the molecule is C=CS(=O)(=O)CCC(=O)Nc1c(Br)cnn1C1CC1. The van der Waals surface area contributed by atoms with Crippen molar-refractivity contribution in [3.63, 3.8) is 0 Å². The van der Waals surface area contributed by atoms with Crippen LogP contribution in [0.25, 0.3) is 0 Å². The number of nitrogens with zero attached hydrogens (tertiary/aromatic N) is 2. The molecule has 19 heavy (non-hydrogen) atoms. The average Bonchev–Trinajstić information content (AvgIpc) is 3.14. The van der Waals surface area contributed by atoms with Crippen molar-refractivity contribution >= 4 is 37.5 Å². The third-order valence-electron chi connectivity index (χ3n) is 2.77. The van der Waals surface area contributed by atoms with Gasteiger partial charge in [0.15, 0.2) is 9.84 Å². The quantitative estimate of drug-likeness (QED) is 0.851. The van der Waals surface area contributed by atoms with Crippen molar-refractivity contribution in [1.29, 1.82) is 0 Å². The van der Waals surface area contributed by atoms with E-state index in [1.165, 1.54) is 0 Å². The highest BCUT2D eigenvalue weighted by molar-refractivity contribution is 9.10. The summed E-state index contributed by atoms with van der Waals surface area (Å²) in [5, 5.41) is 7.73. The minimum absolute atomic E-state index is 0.101. The summed E-state index contributed by atoms with van der Waals surface area (Å²) in [6.45, 7) is 3.20. The lowest BCUT2D eigenvalue weighted by Gasteiger charge is -2.08. The van der Waals surface area contributed by atoms with Crippen molar-refractivity contribution in [2.24, 2.45) is 0 Å². The highest BCUT2D eigenvalue weighted by Gasteiger charge is 2.28. The van der Waals surface area contributed by atoms with Crippen molar-refractivity contribution < 1.29 is 13.2 Å². The number of sulfone groups is 1. The first-order chi connectivity index (χ1) is 8.93. The molecule has 0 atom stereocenters. The van der Waals surface area contributed by atoms with E-state index in [1.807, 2.05) is 0 Å². The molecule has 2 rings (SSSR count). The number of amides is 1. The molecule has 0 bridgehead atoms. The highest BCUT2D eigenvalue weighted by atomic mass is 79.9. The fraction of sp³-hybridized carbons (Fsp3) is 0.455. The predicted molar refractivity (Wildman–Crippen MR) is 75.4 cm³/mol. The molecule has 0 radical (unpaired) electrons. The maximum atomic E-state index is 11.7. The van der Waals surface area contributed by atoms with Gasteiger partial charge in [-0.3, -0.25) is 4.79 Å². The average molecular weight is 348 g/mol. The zero-order valence-corrected chi connectivity index (χ0v) is 12.6. The van der Waals surface area contributed by atoms with Crippen LogP contribution >= 0.6 is 15.9 Å². The molecule has 1 aromatic rings. The Morgan fingerprint density at radius 1 is 1.63 bits per heavy atom. The Labute approximate surface area is 119 Å². The van der Waals surface area contributed by atoms with E-state index in [1.54, 1.807) is 10.9 Å². The number of nitrogens with one attached hydrogen (secondary N) is 1. The van der Waals surface area contributed by atoms with Crippen molar-refractivity contribution in [3.8, 4) is 0 Å². The van der Waals surface area contributed by atoms with E-state index in [0.717, 1.165) is 18.2 Å². The summed E-state index contributed by atoms with van der Waals surface area (Å²) >= 11 is 3.31. The highest BCUT2D eigenvalue weighted by Crippen LogP contribution is 2.38. The molecule has 104 valence electrons. The molecular formula is C11H14BrN3O3S. The first-order valence-electron chi connectivity index (χ1n) is 5.81. The van der Waals surface area contributed by atoms with E-state index in [-0.39, 0.29) is 18.1 Å². The van der Waals surface area contributed by atoms with Gasteiger partial charge in [0, 0.05) is 11.8 Å². The molecule has 1 aliphatic carbocycles. The Morgan fingerprint density at radius 3 is 2.89 bits per heavy atom. The van der Waals surface area contributed by atoms with Gasteiger partial charge < -0.3 is 5.32 Å². The summed E-state index contributed by atoms with van der Waals surface area (Å²) in [5.41, 5.74) is 0. The molecule has 0 spiro atoms. The van der Waals surface area contributed by atoms with Crippen LogP contribution in [-0.2, 0) is 14.6 Å². The molecule has 8 heteroatoms. The first-order valence-corrected chi connectivity index (χ1v) is 8.32. The van der Waals surface area contributed by atoms with Crippen LogP contribution in [-0.4, -0.2) is 29.9 Å². The number of hydrogen-bond donors (Lipinski definition) is 1. The topological polar surface area (TPSA) is 81.1 Å². The predicted octanol–water partition coefficient (Wildman–Crippen LogP) is 1.87. The molecule has 0 unspecified atom stereocenters. The lowest BCUT2D eigenvalue weighted by atomic mass is 10.4. The second kappa shape index (κ2) is 5.46. The Hall–Kier alpha value is -1.15. The molecule has 1 N–H and O–H groups in total. The first kappa shape index (κ1) is 14.3. The van der Waals surface area contributed by atoms with Gasteiger partial charge >= 0.3 is 0 Å². The number of hydrogen-bond acceptors (Lipinski definition) is 4. The van der Waals surface area contributed by atoms with Gasteiger partial charge in [0.25, 0.3) is 0 Å². The minimum atomic E-state index is -3.35. The van der Waals surface area contributed by atoms with Crippen LogP contribution in [0.15, 0.2) is 22.7 Å². The van der Waals surface area contributed by atoms with Gasteiger partial charge in [-0.15, -0.1) is 0 Å². The van der Waals surface area contributed by atoms with Gasteiger partial charge in [0.1, 0.15) is 5.82 Å². The molecule has 1 amide bonds. The minimum Gasteiger partial charge on any atom is -0.310 e. The van der Waals surface area contributed by atoms with Crippen LogP contribution in [0.2, 0.25) is 0 Å². The van der Waals surface area contributed by atoms with Crippen molar-refractivity contribution in [1.82, 2.24) is 9.78 Å². The van der Waals surface area contributed by atoms with E-state index in [0.29, 0.717) is 16.3 Å². The van der Waals surface area contributed by atoms with E-state index in [9.17, 15) is 13.2 Å². The van der Waals surface area contributed by atoms with Gasteiger partial charge in [0.2, 0.25) is 5.91 Å². The molecule has 6 nitrogen and oxygen atoms in total. The van der Waals surface area contributed by atoms with Crippen LogP contribution in [0, 0.1) is 0 Å². The number of halogens is 1. The Balaban J connectivity index is 1.99. The lowest BCUT2D eigenvalue weighted by Crippen LogP contribution is -2.18. The Morgan fingerprint density at radius 2 is 2.32 bits per heavy atom. The van der Waals surface area contributed by atoms with Gasteiger partial charge in [0.05, 0.1) is 22.5 Å². The van der Waals surface area contributed by atoms with Gasteiger partial charge in [-0.05, 0) is 28.8 Å². The number of carbonyl (C=O) groups excluding carboxylic acids is 1. The maximum absolute atomic E-state index is 11.7. The standard InChI is InChI=1S/C11H14BrN3O3S/c1-2-19(17,18)6-5-10(16)14-11-9(12)7-13-15(11)8-3-4-8/h2,7-8H,1,3-6H2,(H,14,16). The van der Waals surface area contributed by atoms with E-state index in [2.05, 4.69) is 32.9 Å². The van der Waals surface area contributed by atoms with Crippen molar-refractivity contribution in [3.05, 3.63) is 22.7 Å². The Kier molecular flexibility index (Phi) is 4.10. The van der Waals surface area contributed by atoms with Crippen LogP contribution < -0.4 is 5.32 Å². The van der Waals surface area contributed by atoms with Crippen LogP contribution in [0.1, 0.15) is 25.3 Å². The molecule has 1 aliphatic rings. The van der Waals surface area contributed by atoms with Gasteiger partial charge in [-0.1, -0.05) is 6.58 Å². The van der Waals surface area contributed by atoms with E-state index in [4.69, 9.17) is 0 Å². The number of rotatable bonds is 6. The van der Waals surface area contributed by atoms with Crippen LogP contribution in [0.3, 0.4) is 0 Å². The zero-order valence-electron chi connectivity index (χ0n) is 10.2. The molecule has 1 saturated carbocycles. The van der Waals surface area contributed by atoms with Gasteiger partial charge in [-0.25, -0.2) is 13.1 Å². The summed E-state index contributed by atoms with van der Waals surface area (Å²) in [6, 6.07) is 0.332.